The Morgan fingerprint density at radius 3 is 2.55 bits per heavy atom. The Bertz CT molecular complexity index is 1280. The number of aliphatic carboxylic acids is 1. The van der Waals surface area contributed by atoms with Crippen molar-refractivity contribution in [2.75, 3.05) is 7.11 Å². The summed E-state index contributed by atoms with van der Waals surface area (Å²) in [6, 6.07) is 19.0. The number of carbonyl (C=O) groups is 1. The average molecular weight is 517 g/mol. The largest absolute Gasteiger partial charge is 0.497 e. The predicted molar refractivity (Wildman–Crippen MR) is 147 cm³/mol. The molecule has 3 aromatic carbocycles. The van der Waals surface area contributed by atoms with Crippen LogP contribution in [0.15, 0.2) is 60.7 Å². The van der Waals surface area contributed by atoms with Crippen molar-refractivity contribution < 1.29 is 23.8 Å². The number of carboxylic acid groups (broad SMARTS) is 1. The van der Waals surface area contributed by atoms with E-state index < -0.39 is 5.97 Å². The van der Waals surface area contributed by atoms with Gasteiger partial charge in [-0.1, -0.05) is 62.9 Å². The molecule has 5 heteroatoms. The normalized spacial score (nSPS) is 19.8. The Hall–Kier alpha value is -3.34. The van der Waals surface area contributed by atoms with E-state index in [0.29, 0.717) is 35.7 Å². The van der Waals surface area contributed by atoms with Crippen molar-refractivity contribution in [2.24, 2.45) is 11.8 Å². The number of hydrogen-bond donors (Lipinski definition) is 1. The van der Waals surface area contributed by atoms with E-state index in [-0.39, 0.29) is 18.2 Å². The van der Waals surface area contributed by atoms with Crippen molar-refractivity contribution >= 4 is 5.97 Å². The third-order valence-electron chi connectivity index (χ3n) is 8.31. The van der Waals surface area contributed by atoms with Gasteiger partial charge in [-0.2, -0.15) is 0 Å². The fraction of sp³-hybridized carbons (Fsp3) is 0.424. The Morgan fingerprint density at radius 1 is 1.00 bits per heavy atom. The van der Waals surface area contributed by atoms with E-state index in [9.17, 15) is 14.3 Å². The molecule has 0 radical (unpaired) electrons. The zero-order chi connectivity index (χ0) is 26.6. The van der Waals surface area contributed by atoms with Gasteiger partial charge in [0.15, 0.2) is 0 Å². The SMILES string of the molecule is COc1ccc(F)c(-c2ccc(COc3cccc([C@@H](CC(=O)O)CC4CC4)c3)cc2C2CCCC2C)c1. The van der Waals surface area contributed by atoms with E-state index in [1.807, 2.05) is 36.4 Å². The fourth-order valence-corrected chi connectivity index (χ4v) is 6.03. The molecular weight excluding hydrogens is 479 g/mol. The zero-order valence-corrected chi connectivity index (χ0v) is 22.3. The van der Waals surface area contributed by atoms with Crippen molar-refractivity contribution in [1.29, 1.82) is 0 Å². The molecule has 3 aromatic rings. The highest BCUT2D eigenvalue weighted by Crippen LogP contribution is 2.44. The minimum atomic E-state index is -0.761. The lowest BCUT2D eigenvalue weighted by Crippen LogP contribution is -2.08. The van der Waals surface area contributed by atoms with Gasteiger partial charge in [0.25, 0.3) is 0 Å². The van der Waals surface area contributed by atoms with Crippen LogP contribution in [0.1, 0.15) is 80.4 Å². The number of benzene rings is 3. The van der Waals surface area contributed by atoms with Gasteiger partial charge in [-0.25, -0.2) is 4.39 Å². The van der Waals surface area contributed by atoms with E-state index in [0.717, 1.165) is 35.3 Å². The van der Waals surface area contributed by atoms with E-state index in [2.05, 4.69) is 13.0 Å². The summed E-state index contributed by atoms with van der Waals surface area (Å²) < 4.78 is 26.6. The molecule has 38 heavy (non-hydrogen) atoms. The molecule has 2 fully saturated rings. The molecule has 2 saturated carbocycles. The van der Waals surface area contributed by atoms with Crippen LogP contribution < -0.4 is 9.47 Å². The summed E-state index contributed by atoms with van der Waals surface area (Å²) >= 11 is 0. The van der Waals surface area contributed by atoms with Gasteiger partial charge in [0.1, 0.15) is 23.9 Å². The van der Waals surface area contributed by atoms with Crippen molar-refractivity contribution in [1.82, 2.24) is 0 Å². The highest BCUT2D eigenvalue weighted by atomic mass is 19.1. The van der Waals surface area contributed by atoms with E-state index in [4.69, 9.17) is 9.47 Å². The minimum absolute atomic E-state index is 0.0102. The van der Waals surface area contributed by atoms with Gasteiger partial charge >= 0.3 is 5.97 Å². The Kier molecular flexibility index (Phi) is 8.01. The molecule has 0 bridgehead atoms. The standard InChI is InChI=1S/C33H37FO4/c1-21-5-3-8-28(21)30-16-23(11-13-29(30)31-19-26(37-2)12-14-32(31)34)20-38-27-7-4-6-24(17-27)25(18-33(35)36)15-22-9-10-22/h4,6-7,11-14,16-17,19,21-22,25,28H,3,5,8-10,15,18,20H2,1-2H3,(H,35,36)/t21?,25-,28?/m1/s1. The molecule has 1 N–H and O–H groups in total. The Labute approximate surface area is 224 Å². The molecule has 0 heterocycles. The maximum absolute atomic E-state index is 15.0. The number of rotatable bonds is 11. The molecule has 4 nitrogen and oxygen atoms in total. The molecule has 3 atom stereocenters. The van der Waals surface area contributed by atoms with E-state index in [1.165, 1.54) is 37.3 Å². The second kappa shape index (κ2) is 11.6. The smallest absolute Gasteiger partial charge is 0.303 e. The summed E-state index contributed by atoms with van der Waals surface area (Å²) in [5.41, 5.74) is 4.72. The Morgan fingerprint density at radius 2 is 1.84 bits per heavy atom. The highest BCUT2D eigenvalue weighted by molar-refractivity contribution is 5.71. The second-order valence-corrected chi connectivity index (χ2v) is 11.1. The molecule has 0 amide bonds. The highest BCUT2D eigenvalue weighted by Gasteiger charge is 2.29. The first-order valence-electron chi connectivity index (χ1n) is 13.8. The number of halogens is 1. The average Bonchev–Trinajstić information content (AvgIpc) is 3.64. The number of ether oxygens (including phenoxy) is 2. The lowest BCUT2D eigenvalue weighted by molar-refractivity contribution is -0.137. The maximum atomic E-state index is 15.0. The molecule has 0 saturated heterocycles. The molecular formula is C33H37FO4. The van der Waals surface area contributed by atoms with Gasteiger partial charge in [-0.05, 0) is 89.1 Å². The van der Waals surface area contributed by atoms with Gasteiger partial charge in [0, 0.05) is 5.56 Å². The van der Waals surface area contributed by atoms with Crippen LogP contribution in [0.5, 0.6) is 11.5 Å². The molecule has 0 aromatic heterocycles. The van der Waals surface area contributed by atoms with Crippen LogP contribution in [0.2, 0.25) is 0 Å². The van der Waals surface area contributed by atoms with Crippen molar-refractivity contribution in [3.8, 4) is 22.6 Å². The Balaban J connectivity index is 1.39. The number of carboxylic acids is 1. The zero-order valence-electron chi connectivity index (χ0n) is 22.3. The first-order chi connectivity index (χ1) is 18.4. The van der Waals surface area contributed by atoms with Gasteiger partial charge in [-0.15, -0.1) is 0 Å². The van der Waals surface area contributed by atoms with Crippen molar-refractivity contribution in [3.05, 3.63) is 83.2 Å². The van der Waals surface area contributed by atoms with E-state index >= 15 is 0 Å². The predicted octanol–water partition coefficient (Wildman–Crippen LogP) is 8.34. The lowest BCUT2D eigenvalue weighted by atomic mass is 9.84. The van der Waals surface area contributed by atoms with Gasteiger partial charge in [-0.3, -0.25) is 4.79 Å². The van der Waals surface area contributed by atoms with Crippen LogP contribution in [0.4, 0.5) is 4.39 Å². The number of methoxy groups -OCH3 is 1. The third-order valence-corrected chi connectivity index (χ3v) is 8.31. The summed E-state index contributed by atoms with van der Waals surface area (Å²) in [6.07, 6.45) is 6.91. The van der Waals surface area contributed by atoms with Gasteiger partial charge in [0.2, 0.25) is 0 Å². The van der Waals surface area contributed by atoms with Crippen LogP contribution >= 0.6 is 0 Å². The molecule has 200 valence electrons. The maximum Gasteiger partial charge on any atom is 0.303 e. The first-order valence-corrected chi connectivity index (χ1v) is 13.8. The first kappa shape index (κ1) is 26.3. The molecule has 0 spiro atoms. The monoisotopic (exact) mass is 516 g/mol. The third kappa shape index (κ3) is 6.20. The summed E-state index contributed by atoms with van der Waals surface area (Å²) in [4.78, 5) is 11.5. The molecule has 2 unspecified atom stereocenters. The molecule has 5 rings (SSSR count). The molecule has 2 aliphatic carbocycles. The van der Waals surface area contributed by atoms with E-state index in [1.54, 1.807) is 19.2 Å². The number of hydrogen-bond acceptors (Lipinski definition) is 3. The van der Waals surface area contributed by atoms with Crippen LogP contribution in [0.3, 0.4) is 0 Å². The van der Waals surface area contributed by atoms with Gasteiger partial charge in [0.05, 0.1) is 13.5 Å². The molecule has 2 aliphatic rings. The summed E-state index contributed by atoms with van der Waals surface area (Å²) in [7, 11) is 1.60. The van der Waals surface area contributed by atoms with Gasteiger partial charge < -0.3 is 14.6 Å². The fourth-order valence-electron chi connectivity index (χ4n) is 6.03. The minimum Gasteiger partial charge on any atom is -0.497 e. The van der Waals surface area contributed by atoms with Crippen LogP contribution in [0.25, 0.3) is 11.1 Å². The van der Waals surface area contributed by atoms with Crippen LogP contribution in [0, 0.1) is 17.7 Å². The van der Waals surface area contributed by atoms with Crippen LogP contribution in [-0.2, 0) is 11.4 Å². The quantitative estimate of drug-likeness (QED) is 0.278. The topological polar surface area (TPSA) is 55.8 Å². The second-order valence-electron chi connectivity index (χ2n) is 11.1. The van der Waals surface area contributed by atoms with Crippen LogP contribution in [-0.4, -0.2) is 18.2 Å². The van der Waals surface area contributed by atoms with Crippen molar-refractivity contribution in [2.45, 2.75) is 70.3 Å². The molecule has 0 aliphatic heterocycles. The lowest BCUT2D eigenvalue weighted by Gasteiger charge is -2.22. The summed E-state index contributed by atoms with van der Waals surface area (Å²) in [5.74, 6) is 1.94. The summed E-state index contributed by atoms with van der Waals surface area (Å²) in [6.45, 7) is 2.68. The summed E-state index contributed by atoms with van der Waals surface area (Å²) in [5, 5.41) is 9.42. The van der Waals surface area contributed by atoms with Crippen molar-refractivity contribution in [3.63, 3.8) is 0 Å².